The van der Waals surface area contributed by atoms with Gasteiger partial charge in [0.15, 0.2) is 40.6 Å². The number of hydrogen-bond donors (Lipinski definition) is 2. The standard InChI is InChI=1S/C25H20O7/c1-29-22-11-15(6-8-17(22)27)25-24(13-26)31-20-9-7-14(10-23(20)32-25)21-12-18(28)16-4-2-3-5-19(16)30-21/h2-12,24-27H,13H2,1H3/t24-,25-/m1/s1. The summed E-state index contributed by atoms with van der Waals surface area (Å²) in [7, 11) is 1.46. The van der Waals surface area contributed by atoms with Gasteiger partial charge in [0.1, 0.15) is 11.3 Å². The van der Waals surface area contributed by atoms with Crippen molar-refractivity contribution in [2.75, 3.05) is 13.7 Å². The molecule has 0 bridgehead atoms. The normalized spacial score (nSPS) is 17.3. The molecule has 0 aliphatic carbocycles. The third kappa shape index (κ3) is 3.42. The molecule has 3 aromatic carbocycles. The van der Waals surface area contributed by atoms with Gasteiger partial charge in [0, 0.05) is 17.2 Å². The molecule has 1 aliphatic rings. The Kier molecular flexibility index (Phi) is 4.95. The molecule has 4 aromatic rings. The van der Waals surface area contributed by atoms with Crippen LogP contribution in [0, 0.1) is 0 Å². The molecular weight excluding hydrogens is 412 g/mol. The van der Waals surface area contributed by atoms with E-state index in [0.29, 0.717) is 45.1 Å². The number of phenolic OH excluding ortho intramolecular Hbond substituents is 1. The largest absolute Gasteiger partial charge is 0.504 e. The van der Waals surface area contributed by atoms with Crippen molar-refractivity contribution in [1.29, 1.82) is 0 Å². The Labute approximate surface area is 183 Å². The summed E-state index contributed by atoms with van der Waals surface area (Å²) in [4.78, 5) is 12.5. The van der Waals surface area contributed by atoms with Gasteiger partial charge in [-0.2, -0.15) is 0 Å². The molecular formula is C25H20O7. The molecule has 5 rings (SSSR count). The summed E-state index contributed by atoms with van der Waals surface area (Å²) >= 11 is 0. The van der Waals surface area contributed by atoms with Crippen LogP contribution >= 0.6 is 0 Å². The van der Waals surface area contributed by atoms with E-state index in [0.717, 1.165) is 0 Å². The van der Waals surface area contributed by atoms with Gasteiger partial charge in [-0.1, -0.05) is 18.2 Å². The molecule has 162 valence electrons. The smallest absolute Gasteiger partial charge is 0.193 e. The van der Waals surface area contributed by atoms with Crippen molar-refractivity contribution in [1.82, 2.24) is 0 Å². The minimum absolute atomic E-state index is 0.00236. The summed E-state index contributed by atoms with van der Waals surface area (Å²) in [6, 6.07) is 18.6. The molecule has 0 saturated carbocycles. The molecule has 32 heavy (non-hydrogen) atoms. The van der Waals surface area contributed by atoms with E-state index in [1.807, 2.05) is 6.07 Å². The highest BCUT2D eigenvalue weighted by Gasteiger charge is 2.33. The van der Waals surface area contributed by atoms with E-state index in [-0.39, 0.29) is 17.8 Å². The van der Waals surface area contributed by atoms with Crippen LogP contribution in [-0.2, 0) is 0 Å². The first-order chi connectivity index (χ1) is 15.6. The highest BCUT2D eigenvalue weighted by atomic mass is 16.6. The van der Waals surface area contributed by atoms with Gasteiger partial charge in [-0.05, 0) is 42.5 Å². The lowest BCUT2D eigenvalue weighted by Gasteiger charge is -2.33. The van der Waals surface area contributed by atoms with Crippen LogP contribution in [0.3, 0.4) is 0 Å². The molecule has 1 aliphatic heterocycles. The minimum atomic E-state index is -0.652. The lowest BCUT2D eigenvalue weighted by atomic mass is 10.0. The first-order valence-electron chi connectivity index (χ1n) is 10.1. The zero-order valence-electron chi connectivity index (χ0n) is 17.1. The number of fused-ring (bicyclic) bond motifs is 2. The number of aliphatic hydroxyl groups excluding tert-OH is 1. The summed E-state index contributed by atoms with van der Waals surface area (Å²) in [6.07, 6.45) is -1.29. The van der Waals surface area contributed by atoms with E-state index >= 15 is 0 Å². The van der Waals surface area contributed by atoms with Crippen LogP contribution in [0.5, 0.6) is 23.0 Å². The van der Waals surface area contributed by atoms with E-state index in [2.05, 4.69) is 0 Å². The maximum Gasteiger partial charge on any atom is 0.193 e. The Balaban J connectivity index is 1.54. The van der Waals surface area contributed by atoms with Gasteiger partial charge in [0.05, 0.1) is 19.1 Å². The molecule has 0 spiro atoms. The minimum Gasteiger partial charge on any atom is -0.504 e. The Hall–Kier alpha value is -3.97. The van der Waals surface area contributed by atoms with Crippen molar-refractivity contribution in [3.8, 4) is 34.3 Å². The zero-order valence-corrected chi connectivity index (χ0v) is 17.1. The second-order valence-electron chi connectivity index (χ2n) is 7.44. The average Bonchev–Trinajstić information content (AvgIpc) is 2.83. The van der Waals surface area contributed by atoms with Gasteiger partial charge in [-0.15, -0.1) is 0 Å². The quantitative estimate of drug-likeness (QED) is 0.502. The van der Waals surface area contributed by atoms with Gasteiger partial charge < -0.3 is 28.8 Å². The number of benzene rings is 3. The number of aromatic hydroxyl groups is 1. The van der Waals surface area contributed by atoms with Gasteiger partial charge in [-0.25, -0.2) is 0 Å². The van der Waals surface area contributed by atoms with Gasteiger partial charge in [0.25, 0.3) is 0 Å². The molecule has 0 saturated heterocycles. The van der Waals surface area contributed by atoms with Crippen molar-refractivity contribution in [3.63, 3.8) is 0 Å². The highest BCUT2D eigenvalue weighted by molar-refractivity contribution is 5.78. The maximum atomic E-state index is 12.5. The molecule has 2 atom stereocenters. The zero-order chi connectivity index (χ0) is 22.2. The predicted octanol–water partition coefficient (Wildman–Crippen LogP) is 4.05. The van der Waals surface area contributed by atoms with Crippen LogP contribution in [0.4, 0.5) is 0 Å². The van der Waals surface area contributed by atoms with Crippen LogP contribution in [0.2, 0.25) is 0 Å². The third-order valence-corrected chi connectivity index (χ3v) is 5.45. The van der Waals surface area contributed by atoms with Gasteiger partial charge in [0.2, 0.25) is 0 Å². The fourth-order valence-corrected chi connectivity index (χ4v) is 3.82. The lowest BCUT2D eigenvalue weighted by Crippen LogP contribution is -2.36. The molecule has 0 fully saturated rings. The Morgan fingerprint density at radius 1 is 0.969 bits per heavy atom. The van der Waals surface area contributed by atoms with Crippen molar-refractivity contribution in [3.05, 3.63) is 82.5 Å². The van der Waals surface area contributed by atoms with Crippen LogP contribution in [-0.4, -0.2) is 30.0 Å². The van der Waals surface area contributed by atoms with E-state index in [1.165, 1.54) is 19.2 Å². The number of aliphatic hydroxyl groups is 1. The second-order valence-corrected chi connectivity index (χ2v) is 7.44. The summed E-state index contributed by atoms with van der Waals surface area (Å²) in [5.41, 5.74) is 1.69. The average molecular weight is 432 g/mol. The van der Waals surface area contributed by atoms with Crippen molar-refractivity contribution in [2.45, 2.75) is 12.2 Å². The first kappa shape index (κ1) is 20.0. The molecule has 2 N–H and O–H groups in total. The van der Waals surface area contributed by atoms with Crippen molar-refractivity contribution < 1.29 is 28.8 Å². The topological polar surface area (TPSA) is 98.4 Å². The van der Waals surface area contributed by atoms with Crippen molar-refractivity contribution >= 4 is 11.0 Å². The Morgan fingerprint density at radius 3 is 2.62 bits per heavy atom. The fraction of sp³-hybridized carbons (Fsp3) is 0.160. The maximum absolute atomic E-state index is 12.5. The summed E-state index contributed by atoms with van der Waals surface area (Å²) < 4.78 is 23.3. The summed E-state index contributed by atoms with van der Waals surface area (Å²) in [6.45, 7) is -0.269. The van der Waals surface area contributed by atoms with E-state index in [9.17, 15) is 15.0 Å². The highest BCUT2D eigenvalue weighted by Crippen LogP contribution is 2.43. The number of para-hydroxylation sites is 1. The summed E-state index contributed by atoms with van der Waals surface area (Å²) in [5, 5.41) is 20.3. The number of methoxy groups -OCH3 is 1. The van der Waals surface area contributed by atoms with Crippen molar-refractivity contribution in [2.24, 2.45) is 0 Å². The molecule has 0 unspecified atom stereocenters. The number of hydrogen-bond acceptors (Lipinski definition) is 7. The number of ether oxygens (including phenoxy) is 3. The SMILES string of the molecule is COc1cc([C@H]2Oc3cc(-c4cc(=O)c5ccccc5o4)ccc3O[C@@H]2CO)ccc1O. The first-order valence-corrected chi connectivity index (χ1v) is 10.1. The van der Waals surface area contributed by atoms with Crippen LogP contribution in [0.1, 0.15) is 11.7 Å². The molecule has 7 nitrogen and oxygen atoms in total. The third-order valence-electron chi connectivity index (χ3n) is 5.45. The fourth-order valence-electron chi connectivity index (χ4n) is 3.82. The molecule has 0 radical (unpaired) electrons. The molecule has 2 heterocycles. The van der Waals surface area contributed by atoms with Crippen LogP contribution in [0.15, 0.2) is 75.9 Å². The van der Waals surface area contributed by atoms with E-state index < -0.39 is 12.2 Å². The van der Waals surface area contributed by atoms with Crippen LogP contribution in [0.25, 0.3) is 22.3 Å². The van der Waals surface area contributed by atoms with Gasteiger partial charge in [-0.3, -0.25) is 4.79 Å². The number of phenols is 1. The monoisotopic (exact) mass is 432 g/mol. The number of rotatable bonds is 4. The molecule has 1 aromatic heterocycles. The molecule has 7 heteroatoms. The second kappa shape index (κ2) is 7.94. The Morgan fingerprint density at radius 2 is 1.81 bits per heavy atom. The van der Waals surface area contributed by atoms with Gasteiger partial charge >= 0.3 is 0 Å². The summed E-state index contributed by atoms with van der Waals surface area (Å²) in [5.74, 6) is 1.62. The predicted molar refractivity (Wildman–Crippen MR) is 117 cm³/mol. The van der Waals surface area contributed by atoms with E-state index in [4.69, 9.17) is 18.6 Å². The van der Waals surface area contributed by atoms with E-state index in [1.54, 1.807) is 48.5 Å². The Bertz CT molecular complexity index is 1360. The van der Waals surface area contributed by atoms with Crippen LogP contribution < -0.4 is 19.6 Å². The molecule has 0 amide bonds. The lowest BCUT2D eigenvalue weighted by molar-refractivity contribution is -0.0123.